The number of benzene rings is 2. The Labute approximate surface area is 194 Å². The minimum Gasteiger partial charge on any atom is -0.465 e. The lowest BCUT2D eigenvalue weighted by molar-refractivity contribution is -0.147. The van der Waals surface area contributed by atoms with Crippen LogP contribution in [0.3, 0.4) is 0 Å². The molecule has 5 rings (SSSR count). The third kappa shape index (κ3) is 4.12. The van der Waals surface area contributed by atoms with Crippen molar-refractivity contribution >= 4 is 12.0 Å². The van der Waals surface area contributed by atoms with Gasteiger partial charge >= 0.3 is 6.09 Å². The lowest BCUT2D eigenvalue weighted by Crippen LogP contribution is -2.60. The predicted molar refractivity (Wildman–Crippen MR) is 117 cm³/mol. The molecule has 0 bridgehead atoms. The summed E-state index contributed by atoms with van der Waals surface area (Å²) in [4.78, 5) is 29.0. The van der Waals surface area contributed by atoms with Crippen LogP contribution < -0.4 is 5.32 Å². The summed E-state index contributed by atoms with van der Waals surface area (Å²) < 4.78 is 29.1. The van der Waals surface area contributed by atoms with Crippen molar-refractivity contribution in [2.75, 3.05) is 0 Å². The highest BCUT2D eigenvalue weighted by Gasteiger charge is 2.47. The summed E-state index contributed by atoms with van der Waals surface area (Å²) in [5, 5.41) is 19.0. The van der Waals surface area contributed by atoms with Gasteiger partial charge in [-0.3, -0.25) is 14.8 Å². The minimum atomic E-state index is -1.30. The Balaban J connectivity index is 1.56. The zero-order chi connectivity index (χ0) is 23.8. The Hall–Kier alpha value is -3.79. The van der Waals surface area contributed by atoms with Crippen LogP contribution in [-0.2, 0) is 24.4 Å². The molecule has 3 unspecified atom stereocenters. The zero-order valence-corrected chi connectivity index (χ0v) is 18.1. The molecule has 1 saturated heterocycles. The standard InChI is InChI=1S/C24H23F2N5O3/c25-16-6-7-18(26)17(8-16)22-19(28-24(33)34)9-21(30-12-15-10-27-29-20(15)13-30)23(32)31(22)11-14-4-2-1-3-5-14/h1-8,10,19,21-22,28H,9,11-13H2,(H,27,29)(H,33,34). The first-order valence-corrected chi connectivity index (χ1v) is 10.9. The van der Waals surface area contributed by atoms with Gasteiger partial charge in [-0.05, 0) is 30.2 Å². The number of nitrogens with one attached hydrogen (secondary N) is 2. The lowest BCUT2D eigenvalue weighted by atomic mass is 9.86. The number of halogens is 2. The molecule has 0 spiro atoms. The second-order valence-corrected chi connectivity index (χ2v) is 8.65. The monoisotopic (exact) mass is 467 g/mol. The number of aromatic amines is 1. The van der Waals surface area contributed by atoms with E-state index in [9.17, 15) is 23.5 Å². The molecule has 0 aliphatic carbocycles. The van der Waals surface area contributed by atoms with Crippen LogP contribution in [0.25, 0.3) is 0 Å². The molecular formula is C24H23F2N5O3. The maximum atomic E-state index is 14.9. The Morgan fingerprint density at radius 1 is 1.18 bits per heavy atom. The number of likely N-dealkylation sites (tertiary alicyclic amines) is 1. The number of carbonyl (C=O) groups is 2. The van der Waals surface area contributed by atoms with E-state index in [1.54, 1.807) is 6.20 Å². The molecule has 3 N–H and O–H groups in total. The predicted octanol–water partition coefficient (Wildman–Crippen LogP) is 3.18. The Morgan fingerprint density at radius 2 is 1.97 bits per heavy atom. The molecule has 2 amide bonds. The normalized spacial score (nSPS) is 22.6. The van der Waals surface area contributed by atoms with Gasteiger partial charge in [0.25, 0.3) is 0 Å². The van der Waals surface area contributed by atoms with Crippen molar-refractivity contribution in [3.05, 3.63) is 88.7 Å². The number of carboxylic acid groups (broad SMARTS) is 1. The number of nitrogens with zero attached hydrogens (tertiary/aromatic N) is 3. The number of fused-ring (bicyclic) bond motifs is 1. The first kappa shape index (κ1) is 22.0. The van der Waals surface area contributed by atoms with Gasteiger partial charge in [-0.1, -0.05) is 30.3 Å². The van der Waals surface area contributed by atoms with E-state index in [1.165, 1.54) is 4.90 Å². The van der Waals surface area contributed by atoms with Gasteiger partial charge in [0.1, 0.15) is 11.6 Å². The number of rotatable bonds is 5. The van der Waals surface area contributed by atoms with Crippen molar-refractivity contribution in [2.24, 2.45) is 0 Å². The van der Waals surface area contributed by atoms with Crippen LogP contribution in [0.2, 0.25) is 0 Å². The van der Waals surface area contributed by atoms with Gasteiger partial charge in [-0.25, -0.2) is 13.6 Å². The van der Waals surface area contributed by atoms with Gasteiger partial charge in [0.2, 0.25) is 5.91 Å². The molecule has 3 atom stereocenters. The minimum absolute atomic E-state index is 0.0580. The van der Waals surface area contributed by atoms with Crippen LogP contribution in [-0.4, -0.2) is 49.2 Å². The lowest BCUT2D eigenvalue weighted by Gasteiger charge is -2.46. The number of carbonyl (C=O) groups excluding carboxylic acids is 1. The summed E-state index contributed by atoms with van der Waals surface area (Å²) >= 11 is 0. The van der Waals surface area contributed by atoms with Crippen molar-refractivity contribution in [3.63, 3.8) is 0 Å². The average molecular weight is 467 g/mol. The quantitative estimate of drug-likeness (QED) is 0.535. The summed E-state index contributed by atoms with van der Waals surface area (Å²) in [7, 11) is 0. The van der Waals surface area contributed by atoms with Gasteiger partial charge in [0, 0.05) is 30.8 Å². The second-order valence-electron chi connectivity index (χ2n) is 8.65. The smallest absolute Gasteiger partial charge is 0.404 e. The van der Waals surface area contributed by atoms with Gasteiger partial charge in [0.05, 0.1) is 30.0 Å². The SMILES string of the molecule is O=C(O)NC1CC(N2Cc3cn[nH]c3C2)C(=O)N(Cc2ccccc2)C1c1cc(F)ccc1F. The van der Waals surface area contributed by atoms with Gasteiger partial charge in [-0.15, -0.1) is 0 Å². The topological polar surface area (TPSA) is 102 Å². The number of aromatic nitrogens is 2. The van der Waals surface area contributed by atoms with Crippen LogP contribution >= 0.6 is 0 Å². The van der Waals surface area contributed by atoms with Crippen molar-refractivity contribution in [2.45, 2.75) is 44.2 Å². The molecule has 176 valence electrons. The highest BCUT2D eigenvalue weighted by atomic mass is 19.1. The van der Waals surface area contributed by atoms with E-state index in [0.717, 1.165) is 35.0 Å². The van der Waals surface area contributed by atoms with E-state index < -0.39 is 35.9 Å². The van der Waals surface area contributed by atoms with E-state index in [-0.39, 0.29) is 24.4 Å². The molecule has 2 aliphatic heterocycles. The first-order valence-electron chi connectivity index (χ1n) is 10.9. The molecule has 0 radical (unpaired) electrons. The second kappa shape index (κ2) is 8.86. The molecule has 8 nitrogen and oxygen atoms in total. The molecule has 3 aromatic rings. The molecule has 34 heavy (non-hydrogen) atoms. The van der Waals surface area contributed by atoms with E-state index in [2.05, 4.69) is 15.5 Å². The molecule has 10 heteroatoms. The van der Waals surface area contributed by atoms with E-state index in [1.807, 2.05) is 35.2 Å². The van der Waals surface area contributed by atoms with E-state index in [4.69, 9.17) is 0 Å². The van der Waals surface area contributed by atoms with E-state index in [0.29, 0.717) is 13.1 Å². The highest BCUT2D eigenvalue weighted by molar-refractivity contribution is 5.84. The number of amides is 2. The third-order valence-electron chi connectivity index (χ3n) is 6.53. The van der Waals surface area contributed by atoms with Gasteiger partial charge in [-0.2, -0.15) is 5.10 Å². The van der Waals surface area contributed by atoms with Crippen LogP contribution in [0.1, 0.15) is 34.8 Å². The molecule has 0 saturated carbocycles. The Bertz CT molecular complexity index is 1200. The maximum Gasteiger partial charge on any atom is 0.404 e. The van der Waals surface area contributed by atoms with Crippen molar-refractivity contribution in [3.8, 4) is 0 Å². The first-order chi connectivity index (χ1) is 16.4. The van der Waals surface area contributed by atoms with Crippen LogP contribution in [0.5, 0.6) is 0 Å². The molecule has 2 aromatic carbocycles. The number of hydrogen-bond donors (Lipinski definition) is 3. The largest absolute Gasteiger partial charge is 0.465 e. The van der Waals surface area contributed by atoms with E-state index >= 15 is 0 Å². The number of hydrogen-bond acceptors (Lipinski definition) is 4. The van der Waals surface area contributed by atoms with Crippen molar-refractivity contribution in [1.29, 1.82) is 0 Å². The highest BCUT2D eigenvalue weighted by Crippen LogP contribution is 2.38. The molecular weight excluding hydrogens is 444 g/mol. The zero-order valence-electron chi connectivity index (χ0n) is 18.1. The number of H-pyrrole nitrogens is 1. The molecule has 1 fully saturated rings. The summed E-state index contributed by atoms with van der Waals surface area (Å²) in [6.45, 7) is 1.07. The Kier molecular flexibility index (Phi) is 5.74. The summed E-state index contributed by atoms with van der Waals surface area (Å²) in [5.41, 5.74) is 2.62. The van der Waals surface area contributed by atoms with Gasteiger partial charge in [0.15, 0.2) is 0 Å². The molecule has 1 aromatic heterocycles. The summed E-state index contributed by atoms with van der Waals surface area (Å²) in [6.07, 6.45) is 0.534. The fourth-order valence-electron chi connectivity index (χ4n) is 5.01. The molecule has 3 heterocycles. The average Bonchev–Trinajstić information content (AvgIpc) is 3.41. The molecule has 2 aliphatic rings. The van der Waals surface area contributed by atoms with Crippen molar-refractivity contribution < 1.29 is 23.5 Å². The fourth-order valence-corrected chi connectivity index (χ4v) is 5.01. The number of piperidine rings is 1. The summed E-state index contributed by atoms with van der Waals surface area (Å²) in [5.74, 6) is -1.63. The van der Waals surface area contributed by atoms with Crippen LogP contribution in [0.15, 0.2) is 54.7 Å². The van der Waals surface area contributed by atoms with Crippen LogP contribution in [0.4, 0.5) is 13.6 Å². The summed E-state index contributed by atoms with van der Waals surface area (Å²) in [6, 6.07) is 9.69. The fraction of sp³-hybridized carbons (Fsp3) is 0.292. The third-order valence-corrected chi connectivity index (χ3v) is 6.53. The van der Waals surface area contributed by atoms with Crippen LogP contribution in [0, 0.1) is 11.6 Å². The van der Waals surface area contributed by atoms with Gasteiger partial charge < -0.3 is 15.3 Å². The maximum absolute atomic E-state index is 14.9. The Morgan fingerprint density at radius 3 is 2.71 bits per heavy atom. The van der Waals surface area contributed by atoms with Crippen molar-refractivity contribution in [1.82, 2.24) is 25.3 Å².